The van der Waals surface area contributed by atoms with E-state index in [1.54, 1.807) is 54.6 Å². The molecule has 186 valence electrons. The zero-order valence-corrected chi connectivity index (χ0v) is 19.0. The van der Waals surface area contributed by atoms with Gasteiger partial charge in [-0.15, -0.1) is 0 Å². The molecule has 0 fully saturated rings. The van der Waals surface area contributed by atoms with Gasteiger partial charge in [-0.1, -0.05) is 54.6 Å². The van der Waals surface area contributed by atoms with E-state index in [4.69, 9.17) is 14.2 Å². The van der Waals surface area contributed by atoms with Crippen molar-refractivity contribution in [2.75, 3.05) is 6.61 Å². The molecule has 0 bridgehead atoms. The zero-order chi connectivity index (χ0) is 25.9. The van der Waals surface area contributed by atoms with E-state index in [-0.39, 0.29) is 23.0 Å². The van der Waals surface area contributed by atoms with E-state index >= 15 is 0 Å². The van der Waals surface area contributed by atoms with Crippen molar-refractivity contribution in [2.45, 2.75) is 24.4 Å². The summed E-state index contributed by atoms with van der Waals surface area (Å²) in [5, 5.41) is 20.1. The Labute approximate surface area is 206 Å². The summed E-state index contributed by atoms with van der Waals surface area (Å²) in [4.78, 5) is 50.3. The van der Waals surface area contributed by atoms with Gasteiger partial charge in [-0.05, 0) is 36.4 Å². The maximum atomic E-state index is 12.8. The van der Waals surface area contributed by atoms with Gasteiger partial charge in [0.2, 0.25) is 0 Å². The van der Waals surface area contributed by atoms with Crippen molar-refractivity contribution in [3.8, 4) is 0 Å². The standard InChI is InChI=1S/C27H24O9/c28-16-21(30)23(35-26(32)19-12-6-2-7-13-19)24(36-27(33)20-14-8-3-9-15-20)22(17-29)34-25(31)18-10-4-1-5-11-18/h1-15,17,21-24,28,30H,16H2/t21-,22+,23-,24-/m0/s1. The zero-order valence-electron chi connectivity index (χ0n) is 19.0. The predicted octanol–water partition coefficient (Wildman–Crippen LogP) is 2.22. The number of benzene rings is 3. The fourth-order valence-electron chi connectivity index (χ4n) is 3.26. The summed E-state index contributed by atoms with van der Waals surface area (Å²) < 4.78 is 16.1. The van der Waals surface area contributed by atoms with Gasteiger partial charge in [0.05, 0.1) is 23.3 Å². The van der Waals surface area contributed by atoms with Crippen molar-refractivity contribution in [1.29, 1.82) is 0 Å². The lowest BCUT2D eigenvalue weighted by Gasteiger charge is -2.32. The van der Waals surface area contributed by atoms with Crippen LogP contribution < -0.4 is 0 Å². The minimum absolute atomic E-state index is 0.0909. The second-order valence-corrected chi connectivity index (χ2v) is 7.59. The highest BCUT2D eigenvalue weighted by Gasteiger charge is 2.42. The molecule has 9 heteroatoms. The third-order valence-electron chi connectivity index (χ3n) is 5.11. The van der Waals surface area contributed by atoms with Crippen molar-refractivity contribution in [3.63, 3.8) is 0 Å². The molecule has 0 spiro atoms. The molecule has 0 radical (unpaired) electrons. The molecular formula is C27H24O9. The number of esters is 3. The quantitative estimate of drug-likeness (QED) is 0.234. The largest absolute Gasteiger partial charge is 0.452 e. The van der Waals surface area contributed by atoms with E-state index in [0.29, 0.717) is 0 Å². The highest BCUT2D eigenvalue weighted by atomic mass is 16.6. The topological polar surface area (TPSA) is 136 Å². The SMILES string of the molecule is O=C[C@@H](OC(=O)c1ccccc1)[C@H](OC(=O)c1ccccc1)[C@@H](OC(=O)c1ccccc1)[C@@H](O)CO. The van der Waals surface area contributed by atoms with Crippen LogP contribution in [-0.4, -0.2) is 65.4 Å². The lowest BCUT2D eigenvalue weighted by molar-refractivity contribution is -0.141. The van der Waals surface area contributed by atoms with Crippen LogP contribution in [0.4, 0.5) is 0 Å². The molecule has 0 aliphatic carbocycles. The highest BCUT2D eigenvalue weighted by Crippen LogP contribution is 2.20. The van der Waals surface area contributed by atoms with Crippen LogP contribution in [0, 0.1) is 0 Å². The third-order valence-corrected chi connectivity index (χ3v) is 5.11. The van der Waals surface area contributed by atoms with Gasteiger partial charge in [-0.25, -0.2) is 14.4 Å². The maximum absolute atomic E-state index is 12.8. The smallest absolute Gasteiger partial charge is 0.338 e. The summed E-state index contributed by atoms with van der Waals surface area (Å²) in [5.41, 5.74) is 0.302. The molecule has 36 heavy (non-hydrogen) atoms. The fourth-order valence-corrected chi connectivity index (χ4v) is 3.26. The number of hydrogen-bond acceptors (Lipinski definition) is 9. The molecule has 0 amide bonds. The first-order chi connectivity index (χ1) is 17.4. The number of hydrogen-bond donors (Lipinski definition) is 2. The molecule has 0 saturated carbocycles. The Balaban J connectivity index is 1.95. The van der Waals surface area contributed by atoms with Crippen LogP contribution in [0.2, 0.25) is 0 Å². The van der Waals surface area contributed by atoms with Crippen molar-refractivity contribution >= 4 is 24.2 Å². The molecule has 0 aromatic heterocycles. The number of carbonyl (C=O) groups excluding carboxylic acids is 4. The monoisotopic (exact) mass is 492 g/mol. The van der Waals surface area contributed by atoms with E-state index in [0.717, 1.165) is 0 Å². The van der Waals surface area contributed by atoms with Gasteiger partial charge in [0, 0.05) is 0 Å². The number of carbonyl (C=O) groups is 4. The molecule has 0 unspecified atom stereocenters. The third kappa shape index (κ3) is 6.84. The van der Waals surface area contributed by atoms with Crippen molar-refractivity contribution in [2.24, 2.45) is 0 Å². The van der Waals surface area contributed by atoms with Crippen molar-refractivity contribution < 1.29 is 43.6 Å². The summed E-state index contributed by atoms with van der Waals surface area (Å²) >= 11 is 0. The number of aldehydes is 1. The normalized spacial score (nSPS) is 13.9. The molecule has 4 atom stereocenters. The molecule has 3 aromatic carbocycles. The van der Waals surface area contributed by atoms with Gasteiger partial charge < -0.3 is 24.4 Å². The van der Waals surface area contributed by atoms with Crippen LogP contribution in [0.5, 0.6) is 0 Å². The van der Waals surface area contributed by atoms with E-state index in [1.165, 1.54) is 36.4 Å². The Bertz CT molecular complexity index is 1150. The summed E-state index contributed by atoms with van der Waals surface area (Å²) in [5.74, 6) is -2.78. The summed E-state index contributed by atoms with van der Waals surface area (Å²) in [6.07, 6.45) is -6.95. The summed E-state index contributed by atoms with van der Waals surface area (Å²) in [6, 6.07) is 23.2. The number of aliphatic hydroxyl groups excluding tert-OH is 2. The Morgan fingerprint density at radius 1 is 0.639 bits per heavy atom. The van der Waals surface area contributed by atoms with Crippen molar-refractivity contribution in [3.05, 3.63) is 108 Å². The van der Waals surface area contributed by atoms with Crippen LogP contribution in [0.15, 0.2) is 91.0 Å². The second-order valence-electron chi connectivity index (χ2n) is 7.59. The maximum Gasteiger partial charge on any atom is 0.338 e. The second kappa shape index (κ2) is 12.9. The first-order valence-corrected chi connectivity index (χ1v) is 11.0. The van der Waals surface area contributed by atoms with Crippen LogP contribution in [0.25, 0.3) is 0 Å². The Morgan fingerprint density at radius 3 is 1.36 bits per heavy atom. The minimum atomic E-state index is -1.79. The minimum Gasteiger partial charge on any atom is -0.452 e. The van der Waals surface area contributed by atoms with Gasteiger partial charge in [0.15, 0.2) is 24.6 Å². The molecule has 3 rings (SSSR count). The molecule has 2 N–H and O–H groups in total. The molecule has 0 saturated heterocycles. The van der Waals surface area contributed by atoms with E-state index in [2.05, 4.69) is 0 Å². The first-order valence-electron chi connectivity index (χ1n) is 11.0. The molecule has 3 aromatic rings. The number of rotatable bonds is 11. The lowest BCUT2D eigenvalue weighted by Crippen LogP contribution is -2.52. The van der Waals surface area contributed by atoms with Gasteiger partial charge in [-0.3, -0.25) is 4.79 Å². The van der Waals surface area contributed by atoms with Crippen LogP contribution in [0.3, 0.4) is 0 Å². The fraction of sp³-hybridized carbons (Fsp3) is 0.185. The average Bonchev–Trinajstić information content (AvgIpc) is 2.94. The molecular weight excluding hydrogens is 468 g/mol. The van der Waals surface area contributed by atoms with Crippen LogP contribution in [-0.2, 0) is 19.0 Å². The summed E-state index contributed by atoms with van der Waals surface area (Å²) in [6.45, 7) is -0.912. The van der Waals surface area contributed by atoms with E-state index < -0.39 is 48.9 Å². The van der Waals surface area contributed by atoms with Crippen LogP contribution in [0.1, 0.15) is 31.1 Å². The average molecular weight is 492 g/mol. The van der Waals surface area contributed by atoms with Crippen molar-refractivity contribution in [1.82, 2.24) is 0 Å². The first kappa shape index (κ1) is 26.3. The van der Waals surface area contributed by atoms with Gasteiger partial charge in [0.1, 0.15) is 6.10 Å². The van der Waals surface area contributed by atoms with E-state index in [9.17, 15) is 29.4 Å². The van der Waals surface area contributed by atoms with Gasteiger partial charge in [0.25, 0.3) is 0 Å². The summed E-state index contributed by atoms with van der Waals surface area (Å²) in [7, 11) is 0. The Morgan fingerprint density at radius 2 is 1.00 bits per heavy atom. The van der Waals surface area contributed by atoms with Gasteiger partial charge >= 0.3 is 17.9 Å². The van der Waals surface area contributed by atoms with E-state index in [1.807, 2.05) is 0 Å². The molecule has 9 nitrogen and oxygen atoms in total. The molecule has 0 aliphatic rings. The number of aliphatic hydroxyl groups is 2. The highest BCUT2D eigenvalue weighted by molar-refractivity contribution is 5.92. The molecule has 0 aliphatic heterocycles. The molecule has 0 heterocycles. The number of ether oxygens (including phenoxy) is 3. The Hall–Kier alpha value is -4.34. The van der Waals surface area contributed by atoms with Crippen LogP contribution >= 0.6 is 0 Å². The Kier molecular flexibility index (Phi) is 9.44. The van der Waals surface area contributed by atoms with Gasteiger partial charge in [-0.2, -0.15) is 0 Å². The lowest BCUT2D eigenvalue weighted by atomic mass is 10.0. The predicted molar refractivity (Wildman–Crippen MR) is 126 cm³/mol.